The van der Waals surface area contributed by atoms with Crippen LogP contribution in [0.5, 0.6) is 0 Å². The fraction of sp³-hybridized carbons (Fsp3) is 0.227. The zero-order valence-corrected chi connectivity index (χ0v) is 15.8. The van der Waals surface area contributed by atoms with E-state index >= 15 is 0 Å². The van der Waals surface area contributed by atoms with E-state index < -0.39 is 0 Å². The molecule has 1 N–H and O–H groups in total. The molecule has 6 nitrogen and oxygen atoms in total. The second-order valence-corrected chi connectivity index (χ2v) is 7.29. The quantitative estimate of drug-likeness (QED) is 0.562. The first kappa shape index (κ1) is 17.8. The molecule has 3 heterocycles. The molecule has 1 aliphatic heterocycles. The van der Waals surface area contributed by atoms with Crippen LogP contribution in [0.1, 0.15) is 40.3 Å². The number of hydrogen-bond acceptors (Lipinski definition) is 5. The first-order valence-corrected chi connectivity index (χ1v) is 9.60. The van der Waals surface area contributed by atoms with Crippen LogP contribution in [0.4, 0.5) is 4.39 Å². The SMILES string of the molecule is Fc1ccc(CN2Cc3[nH]cnc3CC2c2nc(Cc3ccccc3)no2)cc1. The minimum Gasteiger partial charge on any atom is -0.347 e. The maximum atomic E-state index is 13.3. The number of nitrogens with one attached hydrogen (secondary N) is 1. The van der Waals surface area contributed by atoms with Crippen LogP contribution in [0.3, 0.4) is 0 Å². The zero-order valence-electron chi connectivity index (χ0n) is 15.8. The minimum absolute atomic E-state index is 0.0760. The molecule has 29 heavy (non-hydrogen) atoms. The smallest absolute Gasteiger partial charge is 0.244 e. The molecule has 2 aromatic heterocycles. The van der Waals surface area contributed by atoms with Gasteiger partial charge in [0.1, 0.15) is 5.82 Å². The van der Waals surface area contributed by atoms with Gasteiger partial charge in [0.05, 0.1) is 23.8 Å². The van der Waals surface area contributed by atoms with Gasteiger partial charge in [-0.15, -0.1) is 0 Å². The average Bonchev–Trinajstić information content (AvgIpc) is 3.39. The largest absolute Gasteiger partial charge is 0.347 e. The van der Waals surface area contributed by atoms with Crippen molar-refractivity contribution in [1.82, 2.24) is 25.0 Å². The zero-order chi connectivity index (χ0) is 19.6. The fourth-order valence-electron chi connectivity index (χ4n) is 3.77. The number of fused-ring (bicyclic) bond motifs is 1. The molecule has 1 aliphatic rings. The number of benzene rings is 2. The van der Waals surface area contributed by atoms with Gasteiger partial charge in [-0.05, 0) is 23.3 Å². The van der Waals surface area contributed by atoms with Gasteiger partial charge in [0, 0.05) is 25.9 Å². The number of H-pyrrole nitrogens is 1. The van der Waals surface area contributed by atoms with Crippen LogP contribution in [0.15, 0.2) is 65.4 Å². The lowest BCUT2D eigenvalue weighted by Crippen LogP contribution is -2.34. The summed E-state index contributed by atoms with van der Waals surface area (Å²) in [5, 5.41) is 4.19. The Morgan fingerprint density at radius 2 is 1.90 bits per heavy atom. The summed E-state index contributed by atoms with van der Waals surface area (Å²) in [6, 6.07) is 16.6. The van der Waals surface area contributed by atoms with Gasteiger partial charge < -0.3 is 9.51 Å². The number of rotatable bonds is 5. The van der Waals surface area contributed by atoms with Crippen molar-refractivity contribution in [3.05, 3.63) is 101 Å². The van der Waals surface area contributed by atoms with Gasteiger partial charge in [0.15, 0.2) is 5.82 Å². The number of imidazole rings is 1. The first-order chi connectivity index (χ1) is 14.2. The maximum absolute atomic E-state index is 13.3. The van der Waals surface area contributed by atoms with E-state index in [-0.39, 0.29) is 11.9 Å². The summed E-state index contributed by atoms with van der Waals surface area (Å²) in [6.07, 6.45) is 3.04. The predicted molar refractivity (Wildman–Crippen MR) is 104 cm³/mol. The highest BCUT2D eigenvalue weighted by Gasteiger charge is 2.33. The number of aromatic nitrogens is 4. The highest BCUT2D eigenvalue weighted by atomic mass is 19.1. The Kier molecular flexibility index (Phi) is 4.65. The number of halogens is 1. The summed E-state index contributed by atoms with van der Waals surface area (Å²) < 4.78 is 18.9. The second-order valence-electron chi connectivity index (χ2n) is 7.29. The molecular formula is C22H20FN5O. The molecule has 0 spiro atoms. The van der Waals surface area contributed by atoms with Crippen molar-refractivity contribution in [3.63, 3.8) is 0 Å². The van der Waals surface area contributed by atoms with Gasteiger partial charge in [-0.3, -0.25) is 4.90 Å². The lowest BCUT2D eigenvalue weighted by atomic mass is 10.0. The summed E-state index contributed by atoms with van der Waals surface area (Å²) in [4.78, 5) is 14.6. The Balaban J connectivity index is 1.40. The topological polar surface area (TPSA) is 70.8 Å². The van der Waals surface area contributed by atoms with Crippen molar-refractivity contribution in [2.45, 2.75) is 32.0 Å². The summed E-state index contributed by atoms with van der Waals surface area (Å²) in [5.41, 5.74) is 4.28. The Morgan fingerprint density at radius 1 is 1.07 bits per heavy atom. The fourth-order valence-corrected chi connectivity index (χ4v) is 3.77. The molecule has 0 radical (unpaired) electrons. The van der Waals surface area contributed by atoms with E-state index in [0.717, 1.165) is 22.5 Å². The molecule has 7 heteroatoms. The molecule has 0 saturated heterocycles. The average molecular weight is 389 g/mol. The van der Waals surface area contributed by atoms with Crippen LogP contribution >= 0.6 is 0 Å². The van der Waals surface area contributed by atoms with Crippen LogP contribution in [0, 0.1) is 5.82 Å². The van der Waals surface area contributed by atoms with E-state index in [1.807, 2.05) is 42.5 Å². The van der Waals surface area contributed by atoms with Gasteiger partial charge >= 0.3 is 0 Å². The molecular weight excluding hydrogens is 369 g/mol. The highest BCUT2D eigenvalue weighted by Crippen LogP contribution is 2.32. The number of aromatic amines is 1. The molecule has 0 amide bonds. The third-order valence-corrected chi connectivity index (χ3v) is 5.27. The third-order valence-electron chi connectivity index (χ3n) is 5.27. The Hall–Kier alpha value is -3.32. The van der Waals surface area contributed by atoms with Crippen molar-refractivity contribution in [2.24, 2.45) is 0 Å². The summed E-state index contributed by atoms with van der Waals surface area (Å²) in [7, 11) is 0. The maximum Gasteiger partial charge on any atom is 0.244 e. The Bertz CT molecular complexity index is 1090. The van der Waals surface area contributed by atoms with Crippen LogP contribution in [0.2, 0.25) is 0 Å². The van der Waals surface area contributed by atoms with Gasteiger partial charge in [-0.1, -0.05) is 47.6 Å². The van der Waals surface area contributed by atoms with Gasteiger partial charge in [-0.2, -0.15) is 4.98 Å². The van der Waals surface area contributed by atoms with Crippen LogP contribution in [0.25, 0.3) is 0 Å². The second kappa shape index (κ2) is 7.60. The van der Waals surface area contributed by atoms with Gasteiger partial charge in [0.25, 0.3) is 0 Å². The van der Waals surface area contributed by atoms with Gasteiger partial charge in [0.2, 0.25) is 5.89 Å². The van der Waals surface area contributed by atoms with E-state index in [9.17, 15) is 4.39 Å². The Labute approximate surface area is 167 Å². The van der Waals surface area contributed by atoms with Crippen molar-refractivity contribution >= 4 is 0 Å². The lowest BCUT2D eigenvalue weighted by Gasteiger charge is -2.32. The molecule has 1 atom stereocenters. The summed E-state index contributed by atoms with van der Waals surface area (Å²) >= 11 is 0. The third kappa shape index (κ3) is 3.82. The van der Waals surface area contributed by atoms with Crippen molar-refractivity contribution in [3.8, 4) is 0 Å². The standard InChI is InChI=1S/C22H20FN5O/c23-17-8-6-16(7-9-17)12-28-13-19-18(24-14-25-19)11-20(28)22-26-21(27-29-22)10-15-4-2-1-3-5-15/h1-9,14,20H,10-13H2,(H,24,25). The van der Waals surface area contributed by atoms with E-state index in [1.54, 1.807) is 6.33 Å². The highest BCUT2D eigenvalue weighted by molar-refractivity contribution is 5.22. The van der Waals surface area contributed by atoms with E-state index in [2.05, 4.69) is 25.0 Å². The van der Waals surface area contributed by atoms with Crippen LogP contribution in [-0.4, -0.2) is 25.0 Å². The minimum atomic E-state index is -0.234. The molecule has 4 aromatic rings. The van der Waals surface area contributed by atoms with E-state index in [4.69, 9.17) is 4.52 Å². The number of nitrogens with zero attached hydrogens (tertiary/aromatic N) is 4. The molecule has 0 saturated carbocycles. The molecule has 0 fully saturated rings. The monoisotopic (exact) mass is 389 g/mol. The van der Waals surface area contributed by atoms with Crippen molar-refractivity contribution < 1.29 is 8.91 Å². The molecule has 2 aromatic carbocycles. The van der Waals surface area contributed by atoms with E-state index in [0.29, 0.717) is 37.6 Å². The van der Waals surface area contributed by atoms with Crippen LogP contribution < -0.4 is 0 Å². The lowest BCUT2D eigenvalue weighted by molar-refractivity contribution is 0.128. The van der Waals surface area contributed by atoms with Gasteiger partial charge in [-0.25, -0.2) is 9.37 Å². The first-order valence-electron chi connectivity index (χ1n) is 9.60. The summed E-state index contributed by atoms with van der Waals surface area (Å²) in [6.45, 7) is 1.34. The normalized spacial score (nSPS) is 16.7. The molecule has 0 aliphatic carbocycles. The molecule has 5 rings (SSSR count). The predicted octanol–water partition coefficient (Wildman–Crippen LogP) is 3.82. The summed E-state index contributed by atoms with van der Waals surface area (Å²) in [5.74, 6) is 1.02. The Morgan fingerprint density at radius 3 is 2.72 bits per heavy atom. The molecule has 0 bridgehead atoms. The van der Waals surface area contributed by atoms with Crippen molar-refractivity contribution in [1.29, 1.82) is 0 Å². The van der Waals surface area contributed by atoms with Crippen LogP contribution in [-0.2, 0) is 25.9 Å². The van der Waals surface area contributed by atoms with Crippen molar-refractivity contribution in [2.75, 3.05) is 0 Å². The molecule has 1 unspecified atom stereocenters. The van der Waals surface area contributed by atoms with E-state index in [1.165, 1.54) is 12.1 Å². The number of hydrogen-bond donors (Lipinski definition) is 1. The molecule has 146 valence electrons.